The van der Waals surface area contributed by atoms with E-state index in [1.165, 1.54) is 0 Å². The van der Waals surface area contributed by atoms with Crippen LogP contribution < -0.4 is 4.90 Å². The van der Waals surface area contributed by atoms with E-state index >= 15 is 0 Å². The Morgan fingerprint density at radius 1 is 1.04 bits per heavy atom. The molecule has 2 heterocycles. The minimum absolute atomic E-state index is 0.0923. The third-order valence-electron chi connectivity index (χ3n) is 4.34. The van der Waals surface area contributed by atoms with Crippen LogP contribution in [0.15, 0.2) is 71.5 Å². The van der Waals surface area contributed by atoms with Gasteiger partial charge in [-0.1, -0.05) is 18.2 Å². The summed E-state index contributed by atoms with van der Waals surface area (Å²) in [6.45, 7) is 1.93. The van der Waals surface area contributed by atoms with Crippen LogP contribution in [0.1, 0.15) is 29.1 Å². The Balaban J connectivity index is 1.74. The van der Waals surface area contributed by atoms with Crippen molar-refractivity contribution in [3.8, 4) is 0 Å². The lowest BCUT2D eigenvalue weighted by Gasteiger charge is -2.23. The number of furan rings is 1. The van der Waals surface area contributed by atoms with Crippen LogP contribution in [0.25, 0.3) is 0 Å². The van der Waals surface area contributed by atoms with Crippen LogP contribution in [-0.4, -0.2) is 29.9 Å². The molecule has 128 valence electrons. The van der Waals surface area contributed by atoms with Crippen molar-refractivity contribution in [1.82, 2.24) is 9.88 Å². The molecule has 2 aromatic heterocycles. The van der Waals surface area contributed by atoms with Crippen molar-refractivity contribution in [3.63, 3.8) is 0 Å². The largest absolute Gasteiger partial charge is 0.467 e. The van der Waals surface area contributed by atoms with Crippen molar-refractivity contribution in [2.45, 2.75) is 13.0 Å². The van der Waals surface area contributed by atoms with E-state index < -0.39 is 0 Å². The van der Waals surface area contributed by atoms with Gasteiger partial charge in [0.15, 0.2) is 0 Å². The van der Waals surface area contributed by atoms with Crippen molar-refractivity contribution in [2.75, 3.05) is 19.0 Å². The van der Waals surface area contributed by atoms with Crippen LogP contribution in [0.2, 0.25) is 0 Å². The first kappa shape index (κ1) is 16.8. The molecule has 0 spiro atoms. The minimum Gasteiger partial charge on any atom is -0.467 e. The third kappa shape index (κ3) is 3.55. The van der Waals surface area contributed by atoms with E-state index in [1.54, 1.807) is 30.5 Å². The molecule has 0 aliphatic carbocycles. The maximum Gasteiger partial charge on any atom is 0.255 e. The number of anilines is 2. The van der Waals surface area contributed by atoms with E-state index in [1.807, 2.05) is 67.4 Å². The van der Waals surface area contributed by atoms with E-state index in [-0.39, 0.29) is 11.9 Å². The second-order valence-corrected chi connectivity index (χ2v) is 5.91. The Morgan fingerprint density at radius 2 is 1.80 bits per heavy atom. The summed E-state index contributed by atoms with van der Waals surface area (Å²) in [7, 11) is 3.71. The highest BCUT2D eigenvalue weighted by Crippen LogP contribution is 2.23. The number of nitrogens with zero attached hydrogens (tertiary/aromatic N) is 3. The number of hydrogen-bond acceptors (Lipinski definition) is 4. The number of aromatic nitrogens is 1. The number of rotatable bonds is 5. The van der Waals surface area contributed by atoms with Crippen LogP contribution in [0, 0.1) is 0 Å². The van der Waals surface area contributed by atoms with Gasteiger partial charge in [0.1, 0.15) is 11.6 Å². The average molecular weight is 335 g/mol. The lowest BCUT2D eigenvalue weighted by atomic mass is 10.2. The Labute approximate surface area is 147 Å². The third-order valence-corrected chi connectivity index (χ3v) is 4.34. The molecule has 0 radical (unpaired) electrons. The fourth-order valence-corrected chi connectivity index (χ4v) is 2.59. The Morgan fingerprint density at radius 3 is 2.40 bits per heavy atom. The Hall–Kier alpha value is -3.08. The van der Waals surface area contributed by atoms with E-state index in [9.17, 15) is 4.79 Å². The standard InChI is InChI=1S/C20H21N3O2/c1-15(18-10-7-13-25-18)22(2)20(24)16-11-12-19(21-14-16)23(3)17-8-5-4-6-9-17/h4-15H,1-3H3. The van der Waals surface area contributed by atoms with Crippen LogP contribution in [-0.2, 0) is 0 Å². The van der Waals surface area contributed by atoms with Gasteiger partial charge >= 0.3 is 0 Å². The molecule has 1 unspecified atom stereocenters. The molecule has 1 aromatic carbocycles. The van der Waals surface area contributed by atoms with Gasteiger partial charge < -0.3 is 14.2 Å². The summed E-state index contributed by atoms with van der Waals surface area (Å²) in [5.74, 6) is 1.44. The second-order valence-electron chi connectivity index (χ2n) is 5.91. The average Bonchev–Trinajstić information content (AvgIpc) is 3.21. The highest BCUT2D eigenvalue weighted by Gasteiger charge is 2.21. The van der Waals surface area contributed by atoms with Gasteiger partial charge in [0.25, 0.3) is 5.91 Å². The molecule has 1 amide bonds. The SMILES string of the molecule is CC(c1ccco1)N(C)C(=O)c1ccc(N(C)c2ccccc2)nc1. The predicted octanol–water partition coefficient (Wildman–Crippen LogP) is 4.28. The summed E-state index contributed by atoms with van der Waals surface area (Å²) in [4.78, 5) is 20.7. The molecular weight excluding hydrogens is 314 g/mol. The number of para-hydroxylation sites is 1. The second kappa shape index (κ2) is 7.21. The molecule has 0 bridgehead atoms. The first-order valence-electron chi connectivity index (χ1n) is 8.13. The molecule has 0 fully saturated rings. The van der Waals surface area contributed by atoms with E-state index in [0.717, 1.165) is 17.3 Å². The summed E-state index contributed by atoms with van der Waals surface area (Å²) in [6, 6.07) is 17.2. The van der Waals surface area contributed by atoms with Gasteiger partial charge in [-0.3, -0.25) is 4.79 Å². The van der Waals surface area contributed by atoms with E-state index in [4.69, 9.17) is 4.42 Å². The highest BCUT2D eigenvalue weighted by atomic mass is 16.3. The van der Waals surface area contributed by atoms with Gasteiger partial charge in [-0.2, -0.15) is 0 Å². The number of amides is 1. The molecule has 3 aromatic rings. The molecular formula is C20H21N3O2. The number of carbonyl (C=O) groups excluding carboxylic acids is 1. The first-order chi connectivity index (χ1) is 12.1. The number of carbonyl (C=O) groups is 1. The van der Waals surface area contributed by atoms with Crippen LogP contribution in [0.4, 0.5) is 11.5 Å². The number of benzene rings is 1. The number of hydrogen-bond donors (Lipinski definition) is 0. The van der Waals surface area contributed by atoms with Crippen molar-refractivity contribution in [3.05, 3.63) is 78.4 Å². The van der Waals surface area contributed by atoms with Gasteiger partial charge in [0.2, 0.25) is 0 Å². The van der Waals surface area contributed by atoms with Gasteiger partial charge in [0.05, 0.1) is 17.9 Å². The molecule has 0 saturated carbocycles. The lowest BCUT2D eigenvalue weighted by Crippen LogP contribution is -2.29. The van der Waals surface area contributed by atoms with Crippen molar-refractivity contribution < 1.29 is 9.21 Å². The zero-order valence-corrected chi connectivity index (χ0v) is 14.6. The van der Waals surface area contributed by atoms with Crippen LogP contribution in [0.3, 0.4) is 0 Å². The molecule has 0 N–H and O–H groups in total. The topological polar surface area (TPSA) is 49.6 Å². The minimum atomic E-state index is -0.144. The van der Waals surface area contributed by atoms with E-state index in [2.05, 4.69) is 4.98 Å². The maximum absolute atomic E-state index is 12.7. The fourth-order valence-electron chi connectivity index (χ4n) is 2.59. The molecule has 1 atom stereocenters. The van der Waals surface area contributed by atoms with Crippen molar-refractivity contribution in [2.24, 2.45) is 0 Å². The zero-order valence-electron chi connectivity index (χ0n) is 14.6. The molecule has 5 nitrogen and oxygen atoms in total. The molecule has 5 heteroatoms. The zero-order chi connectivity index (χ0) is 17.8. The Kier molecular flexibility index (Phi) is 4.84. The molecule has 25 heavy (non-hydrogen) atoms. The molecule has 0 aliphatic heterocycles. The summed E-state index contributed by atoms with van der Waals surface area (Å²) in [5, 5.41) is 0. The van der Waals surface area contributed by atoms with Gasteiger partial charge in [-0.25, -0.2) is 4.98 Å². The molecule has 0 saturated heterocycles. The first-order valence-corrected chi connectivity index (χ1v) is 8.13. The summed E-state index contributed by atoms with van der Waals surface area (Å²) in [5.41, 5.74) is 1.59. The monoisotopic (exact) mass is 335 g/mol. The lowest BCUT2D eigenvalue weighted by molar-refractivity contribution is 0.0726. The van der Waals surface area contributed by atoms with Crippen molar-refractivity contribution in [1.29, 1.82) is 0 Å². The summed E-state index contributed by atoms with van der Waals surface area (Å²) < 4.78 is 5.39. The molecule has 0 aliphatic rings. The maximum atomic E-state index is 12.7. The Bertz CT molecular complexity index is 814. The normalized spacial score (nSPS) is 11.8. The van der Waals surface area contributed by atoms with Crippen LogP contribution >= 0.6 is 0 Å². The van der Waals surface area contributed by atoms with Gasteiger partial charge in [0, 0.05) is 26.0 Å². The molecule has 3 rings (SSSR count). The predicted molar refractivity (Wildman–Crippen MR) is 98.0 cm³/mol. The summed E-state index contributed by atoms with van der Waals surface area (Å²) >= 11 is 0. The highest BCUT2D eigenvalue weighted by molar-refractivity contribution is 5.94. The quantitative estimate of drug-likeness (QED) is 0.698. The smallest absolute Gasteiger partial charge is 0.255 e. The summed E-state index contributed by atoms with van der Waals surface area (Å²) in [6.07, 6.45) is 3.22. The van der Waals surface area contributed by atoms with E-state index in [0.29, 0.717) is 5.56 Å². The fraction of sp³-hybridized carbons (Fsp3) is 0.200. The number of pyridine rings is 1. The van der Waals surface area contributed by atoms with Crippen LogP contribution in [0.5, 0.6) is 0 Å². The van der Waals surface area contributed by atoms with Gasteiger partial charge in [-0.15, -0.1) is 0 Å². The van der Waals surface area contributed by atoms with Crippen molar-refractivity contribution >= 4 is 17.4 Å². The van der Waals surface area contributed by atoms with Gasteiger partial charge in [-0.05, 0) is 43.3 Å².